The molecule has 0 aromatic heterocycles. The van der Waals surface area contributed by atoms with Gasteiger partial charge < -0.3 is 5.32 Å². The lowest BCUT2D eigenvalue weighted by molar-refractivity contribution is 0.0953. The smallest absolute Gasteiger partial charge is 0.251 e. The third-order valence-corrected chi connectivity index (χ3v) is 3.58. The number of unbranched alkanes of at least 4 members (excludes halogenated alkanes) is 5. The Labute approximate surface area is 125 Å². The highest BCUT2D eigenvalue weighted by Gasteiger charge is 2.06. The summed E-state index contributed by atoms with van der Waals surface area (Å²) >= 11 is 3.42. The van der Waals surface area contributed by atoms with E-state index in [1.54, 1.807) is 0 Å². The minimum atomic E-state index is 0.0259. The summed E-state index contributed by atoms with van der Waals surface area (Å²) in [5, 5.41) is 2.98. The summed E-state index contributed by atoms with van der Waals surface area (Å²) in [4.78, 5) is 12.0. The van der Waals surface area contributed by atoms with Gasteiger partial charge in [-0.2, -0.15) is 0 Å². The molecule has 3 heteroatoms. The van der Waals surface area contributed by atoms with Gasteiger partial charge >= 0.3 is 0 Å². The van der Waals surface area contributed by atoms with Gasteiger partial charge in [0.25, 0.3) is 5.91 Å². The molecule has 2 nitrogen and oxygen atoms in total. The minimum Gasteiger partial charge on any atom is -0.352 e. The zero-order chi connectivity index (χ0) is 14.1. The van der Waals surface area contributed by atoms with Crippen LogP contribution >= 0.6 is 15.9 Å². The molecule has 0 radical (unpaired) electrons. The Balaban J connectivity index is 2.24. The Bertz CT molecular complexity index is 383. The number of hydrogen-bond donors (Lipinski definition) is 1. The van der Waals surface area contributed by atoms with Crippen LogP contribution in [0.25, 0.3) is 0 Å². The summed E-state index contributed by atoms with van der Waals surface area (Å²) in [6.07, 6.45) is 7.47. The lowest BCUT2D eigenvalue weighted by Crippen LogP contribution is -2.24. The van der Waals surface area contributed by atoms with Crippen LogP contribution in [0.4, 0.5) is 0 Å². The van der Waals surface area contributed by atoms with Crippen LogP contribution in [0.1, 0.15) is 61.4 Å². The lowest BCUT2D eigenvalue weighted by atomic mass is 10.1. The van der Waals surface area contributed by atoms with Gasteiger partial charge in [0.2, 0.25) is 0 Å². The van der Waals surface area contributed by atoms with Crippen molar-refractivity contribution in [1.29, 1.82) is 0 Å². The first kappa shape index (κ1) is 16.2. The van der Waals surface area contributed by atoms with Crippen LogP contribution in [0.15, 0.2) is 22.7 Å². The molecule has 0 saturated carbocycles. The maximum absolute atomic E-state index is 12.0. The number of carbonyl (C=O) groups is 1. The molecule has 1 amide bonds. The van der Waals surface area contributed by atoms with E-state index in [1.807, 2.05) is 25.1 Å². The van der Waals surface area contributed by atoms with E-state index in [0.29, 0.717) is 0 Å². The van der Waals surface area contributed by atoms with Gasteiger partial charge in [-0.15, -0.1) is 0 Å². The molecule has 0 saturated heterocycles. The standard InChI is InChI=1S/C16H24BrNO/c1-3-4-5-6-7-8-9-18-16(19)14-10-13(2)11-15(17)12-14/h10-12H,3-9H2,1-2H3,(H,18,19). The van der Waals surface area contributed by atoms with Crippen molar-refractivity contribution in [1.82, 2.24) is 5.32 Å². The molecule has 0 aliphatic carbocycles. The topological polar surface area (TPSA) is 29.1 Å². The van der Waals surface area contributed by atoms with Crippen LogP contribution in [0.2, 0.25) is 0 Å². The molecule has 0 bridgehead atoms. The first-order valence-corrected chi connectivity index (χ1v) is 7.98. The highest BCUT2D eigenvalue weighted by molar-refractivity contribution is 9.10. The summed E-state index contributed by atoms with van der Waals surface area (Å²) in [6.45, 7) is 4.99. The highest BCUT2D eigenvalue weighted by Crippen LogP contribution is 2.15. The summed E-state index contributed by atoms with van der Waals surface area (Å²) in [7, 11) is 0. The zero-order valence-electron chi connectivity index (χ0n) is 12.0. The number of aryl methyl sites for hydroxylation is 1. The average Bonchev–Trinajstić information content (AvgIpc) is 2.36. The van der Waals surface area contributed by atoms with Crippen LogP contribution in [0.5, 0.6) is 0 Å². The molecule has 0 heterocycles. The van der Waals surface area contributed by atoms with Crippen molar-refractivity contribution in [2.45, 2.75) is 52.4 Å². The Morgan fingerprint density at radius 3 is 2.47 bits per heavy atom. The number of nitrogens with one attached hydrogen (secondary N) is 1. The normalized spacial score (nSPS) is 10.5. The van der Waals surface area contributed by atoms with Gasteiger partial charge in [-0.05, 0) is 37.1 Å². The number of hydrogen-bond acceptors (Lipinski definition) is 1. The van der Waals surface area contributed by atoms with Gasteiger partial charge in [0.05, 0.1) is 0 Å². The SMILES string of the molecule is CCCCCCCCNC(=O)c1cc(C)cc(Br)c1. The molecule has 1 rings (SSSR count). The van der Waals surface area contributed by atoms with Crippen LogP contribution < -0.4 is 5.32 Å². The molecule has 0 aliphatic heterocycles. The molecular weight excluding hydrogens is 302 g/mol. The number of carbonyl (C=O) groups excluding carboxylic acids is 1. The third kappa shape index (κ3) is 6.76. The molecular formula is C16H24BrNO. The summed E-state index contributed by atoms with van der Waals surface area (Å²) in [5.41, 5.74) is 1.83. The fourth-order valence-corrected chi connectivity index (χ4v) is 2.68. The second-order valence-corrected chi connectivity index (χ2v) is 5.96. The van der Waals surface area contributed by atoms with E-state index in [-0.39, 0.29) is 5.91 Å². The lowest BCUT2D eigenvalue weighted by Gasteiger charge is -2.06. The predicted octanol–water partition coefficient (Wildman–Crippen LogP) is 4.85. The Morgan fingerprint density at radius 2 is 1.79 bits per heavy atom. The first-order valence-electron chi connectivity index (χ1n) is 7.19. The molecule has 0 unspecified atom stereocenters. The van der Waals surface area contributed by atoms with Crippen molar-refractivity contribution >= 4 is 21.8 Å². The largest absolute Gasteiger partial charge is 0.352 e. The molecule has 1 aromatic rings. The summed E-state index contributed by atoms with van der Waals surface area (Å²) in [6, 6.07) is 5.79. The zero-order valence-corrected chi connectivity index (χ0v) is 13.6. The van der Waals surface area contributed by atoms with E-state index in [4.69, 9.17) is 0 Å². The van der Waals surface area contributed by atoms with Gasteiger partial charge in [-0.1, -0.05) is 55.0 Å². The molecule has 1 aromatic carbocycles. The number of rotatable bonds is 8. The molecule has 0 fully saturated rings. The fourth-order valence-electron chi connectivity index (χ4n) is 2.08. The van der Waals surface area contributed by atoms with Gasteiger partial charge in [0.15, 0.2) is 0 Å². The summed E-state index contributed by atoms with van der Waals surface area (Å²) in [5.74, 6) is 0.0259. The Morgan fingerprint density at radius 1 is 1.11 bits per heavy atom. The molecule has 19 heavy (non-hydrogen) atoms. The highest BCUT2D eigenvalue weighted by atomic mass is 79.9. The van der Waals surface area contributed by atoms with Crippen molar-refractivity contribution in [3.8, 4) is 0 Å². The predicted molar refractivity (Wildman–Crippen MR) is 84.6 cm³/mol. The number of benzene rings is 1. The van der Waals surface area contributed by atoms with E-state index < -0.39 is 0 Å². The van der Waals surface area contributed by atoms with Gasteiger partial charge in [0, 0.05) is 16.6 Å². The average molecular weight is 326 g/mol. The van der Waals surface area contributed by atoms with Crippen LogP contribution in [0.3, 0.4) is 0 Å². The van der Waals surface area contributed by atoms with Gasteiger partial charge in [0.1, 0.15) is 0 Å². The Hall–Kier alpha value is -0.830. The fraction of sp³-hybridized carbons (Fsp3) is 0.562. The van der Waals surface area contributed by atoms with E-state index in [0.717, 1.165) is 28.6 Å². The van der Waals surface area contributed by atoms with Crippen molar-refractivity contribution in [2.75, 3.05) is 6.54 Å². The van der Waals surface area contributed by atoms with E-state index in [2.05, 4.69) is 28.2 Å². The van der Waals surface area contributed by atoms with Crippen molar-refractivity contribution < 1.29 is 4.79 Å². The first-order chi connectivity index (χ1) is 9.13. The molecule has 0 aliphatic rings. The molecule has 1 N–H and O–H groups in total. The molecule has 0 atom stereocenters. The maximum atomic E-state index is 12.0. The Kier molecular flexibility index (Phi) is 7.80. The van der Waals surface area contributed by atoms with E-state index in [9.17, 15) is 4.79 Å². The second-order valence-electron chi connectivity index (χ2n) is 5.04. The van der Waals surface area contributed by atoms with E-state index >= 15 is 0 Å². The quantitative estimate of drug-likeness (QED) is 0.680. The number of amides is 1. The third-order valence-electron chi connectivity index (χ3n) is 3.12. The monoisotopic (exact) mass is 325 g/mol. The van der Waals surface area contributed by atoms with E-state index in [1.165, 1.54) is 32.1 Å². The van der Waals surface area contributed by atoms with Crippen molar-refractivity contribution in [3.05, 3.63) is 33.8 Å². The van der Waals surface area contributed by atoms with Crippen LogP contribution in [0, 0.1) is 6.92 Å². The number of halogens is 1. The second kappa shape index (κ2) is 9.13. The van der Waals surface area contributed by atoms with Gasteiger partial charge in [-0.3, -0.25) is 4.79 Å². The van der Waals surface area contributed by atoms with Gasteiger partial charge in [-0.25, -0.2) is 0 Å². The van der Waals surface area contributed by atoms with Crippen LogP contribution in [-0.4, -0.2) is 12.5 Å². The molecule has 106 valence electrons. The molecule has 0 spiro atoms. The maximum Gasteiger partial charge on any atom is 0.251 e. The van der Waals surface area contributed by atoms with Crippen molar-refractivity contribution in [3.63, 3.8) is 0 Å². The minimum absolute atomic E-state index is 0.0259. The summed E-state index contributed by atoms with van der Waals surface area (Å²) < 4.78 is 0.956. The van der Waals surface area contributed by atoms with Crippen LogP contribution in [-0.2, 0) is 0 Å². The van der Waals surface area contributed by atoms with Crippen molar-refractivity contribution in [2.24, 2.45) is 0 Å².